The molecule has 2 atom stereocenters. The van der Waals surface area contributed by atoms with E-state index in [2.05, 4.69) is 80.5 Å². The van der Waals surface area contributed by atoms with Crippen LogP contribution in [0.5, 0.6) is 5.75 Å². The van der Waals surface area contributed by atoms with Crippen LogP contribution in [0, 0.1) is 16.7 Å². The minimum absolute atomic E-state index is 0.0204. The van der Waals surface area contributed by atoms with Crippen molar-refractivity contribution in [3.63, 3.8) is 0 Å². The maximum absolute atomic E-state index is 13.2. The summed E-state index contributed by atoms with van der Waals surface area (Å²) in [6, 6.07) is 4.15. The van der Waals surface area contributed by atoms with Crippen molar-refractivity contribution in [2.75, 3.05) is 0 Å². The number of ketones is 1. The third-order valence-corrected chi connectivity index (χ3v) is 7.44. The van der Waals surface area contributed by atoms with E-state index >= 15 is 0 Å². The molecule has 2 fully saturated rings. The van der Waals surface area contributed by atoms with Crippen LogP contribution in [0.25, 0.3) is 6.08 Å². The first-order valence-corrected chi connectivity index (χ1v) is 10.2. The third kappa shape index (κ3) is 2.87. The molecular formula is C25H36O2. The Kier molecular flexibility index (Phi) is 4.27. The molecule has 0 aromatic heterocycles. The molecule has 2 nitrogen and oxygen atoms in total. The molecule has 1 aromatic rings. The molecule has 0 heterocycles. The standard InChI is InChI=1S/C25H36O2/c1-22(2,3)18-13-15(14-19(20(18)26)23(4,5)6)12-16-17-10-11-25(9,21(16)27)24(17,7)8/h12-14,17,26H,10-11H2,1-9H3. The third-order valence-electron chi connectivity index (χ3n) is 7.44. The van der Waals surface area contributed by atoms with E-state index in [1.54, 1.807) is 0 Å². The summed E-state index contributed by atoms with van der Waals surface area (Å²) < 4.78 is 0. The number of hydrogen-bond donors (Lipinski definition) is 1. The minimum atomic E-state index is -0.236. The van der Waals surface area contributed by atoms with E-state index in [4.69, 9.17) is 0 Å². The second-order valence-corrected chi connectivity index (χ2v) is 11.5. The number of carbonyl (C=O) groups is 1. The zero-order valence-corrected chi connectivity index (χ0v) is 18.6. The first-order chi connectivity index (χ1) is 12.1. The van der Waals surface area contributed by atoms with Crippen LogP contribution in [-0.2, 0) is 15.6 Å². The van der Waals surface area contributed by atoms with Crippen LogP contribution in [-0.4, -0.2) is 10.9 Å². The Bertz CT molecular complexity index is 792. The van der Waals surface area contributed by atoms with Gasteiger partial charge in [-0.05, 0) is 64.3 Å². The van der Waals surface area contributed by atoms with E-state index in [1.165, 1.54) is 0 Å². The fourth-order valence-corrected chi connectivity index (χ4v) is 5.16. The molecule has 2 bridgehead atoms. The van der Waals surface area contributed by atoms with Gasteiger partial charge in [-0.3, -0.25) is 4.79 Å². The van der Waals surface area contributed by atoms with Crippen LogP contribution >= 0.6 is 0 Å². The lowest BCUT2D eigenvalue weighted by molar-refractivity contribution is -0.125. The van der Waals surface area contributed by atoms with Crippen LogP contribution in [0.1, 0.15) is 91.8 Å². The molecular weight excluding hydrogens is 332 g/mol. The summed E-state index contributed by atoms with van der Waals surface area (Å²) >= 11 is 0. The number of phenols is 1. The van der Waals surface area contributed by atoms with E-state index in [-0.39, 0.29) is 21.7 Å². The maximum Gasteiger partial charge on any atom is 0.165 e. The second kappa shape index (κ2) is 5.72. The molecule has 0 saturated heterocycles. The summed E-state index contributed by atoms with van der Waals surface area (Å²) in [4.78, 5) is 13.2. The molecule has 0 aliphatic heterocycles. The Morgan fingerprint density at radius 3 is 1.85 bits per heavy atom. The quantitative estimate of drug-likeness (QED) is 0.583. The van der Waals surface area contributed by atoms with Gasteiger partial charge >= 0.3 is 0 Å². The maximum atomic E-state index is 13.2. The Morgan fingerprint density at radius 1 is 1.00 bits per heavy atom. The zero-order chi connectivity index (χ0) is 20.6. The number of benzene rings is 1. The van der Waals surface area contributed by atoms with Gasteiger partial charge in [0.15, 0.2) is 5.78 Å². The predicted octanol–water partition coefficient (Wildman–Crippen LogP) is 6.40. The largest absolute Gasteiger partial charge is 0.507 e. The smallest absolute Gasteiger partial charge is 0.165 e. The number of allylic oxidation sites excluding steroid dienone is 1. The van der Waals surface area contributed by atoms with Crippen LogP contribution < -0.4 is 0 Å². The van der Waals surface area contributed by atoms with E-state index < -0.39 is 0 Å². The van der Waals surface area contributed by atoms with Crippen LogP contribution in [0.2, 0.25) is 0 Å². The molecule has 0 amide bonds. The van der Waals surface area contributed by atoms with Crippen molar-refractivity contribution in [1.29, 1.82) is 0 Å². The van der Waals surface area contributed by atoms with Gasteiger partial charge in [0, 0.05) is 16.5 Å². The van der Waals surface area contributed by atoms with Crippen molar-refractivity contribution in [3.8, 4) is 5.75 Å². The topological polar surface area (TPSA) is 37.3 Å². The summed E-state index contributed by atoms with van der Waals surface area (Å²) in [7, 11) is 0. The normalized spacial score (nSPS) is 29.0. The average molecular weight is 369 g/mol. The lowest BCUT2D eigenvalue weighted by Gasteiger charge is -2.31. The van der Waals surface area contributed by atoms with Gasteiger partial charge in [0.25, 0.3) is 0 Å². The van der Waals surface area contributed by atoms with Gasteiger partial charge < -0.3 is 5.11 Å². The molecule has 1 N–H and O–H groups in total. The average Bonchev–Trinajstić information content (AvgIpc) is 2.80. The fraction of sp³-hybridized carbons (Fsp3) is 0.640. The van der Waals surface area contributed by atoms with E-state index in [0.717, 1.165) is 35.1 Å². The molecule has 0 spiro atoms. The van der Waals surface area contributed by atoms with Crippen molar-refractivity contribution in [3.05, 3.63) is 34.4 Å². The molecule has 2 aliphatic rings. The molecule has 0 radical (unpaired) electrons. The van der Waals surface area contributed by atoms with Gasteiger partial charge in [-0.15, -0.1) is 0 Å². The van der Waals surface area contributed by atoms with Crippen molar-refractivity contribution >= 4 is 11.9 Å². The fourth-order valence-electron chi connectivity index (χ4n) is 5.16. The van der Waals surface area contributed by atoms with Crippen molar-refractivity contribution in [1.82, 2.24) is 0 Å². The Labute approximate surface area is 165 Å². The van der Waals surface area contributed by atoms with Crippen molar-refractivity contribution in [2.45, 2.75) is 86.0 Å². The summed E-state index contributed by atoms with van der Waals surface area (Å²) in [6.45, 7) is 19.4. The van der Waals surface area contributed by atoms with Crippen LogP contribution in [0.4, 0.5) is 0 Å². The molecule has 2 unspecified atom stereocenters. The predicted molar refractivity (Wildman–Crippen MR) is 113 cm³/mol. The number of Topliss-reactive ketones (excluding diaryl/α,β-unsaturated/α-hetero) is 1. The second-order valence-electron chi connectivity index (χ2n) is 11.5. The van der Waals surface area contributed by atoms with E-state index in [0.29, 0.717) is 17.5 Å². The Balaban J connectivity index is 2.19. The molecule has 2 heteroatoms. The van der Waals surface area contributed by atoms with Gasteiger partial charge in [0.1, 0.15) is 5.75 Å². The highest BCUT2D eigenvalue weighted by atomic mass is 16.3. The minimum Gasteiger partial charge on any atom is -0.507 e. The molecule has 27 heavy (non-hydrogen) atoms. The van der Waals surface area contributed by atoms with Gasteiger partial charge in [-0.2, -0.15) is 0 Å². The van der Waals surface area contributed by atoms with Gasteiger partial charge in [0.05, 0.1) is 0 Å². The van der Waals surface area contributed by atoms with Gasteiger partial charge in [-0.25, -0.2) is 0 Å². The Hall–Kier alpha value is -1.57. The monoisotopic (exact) mass is 368 g/mol. The van der Waals surface area contributed by atoms with Crippen LogP contribution in [0.15, 0.2) is 17.7 Å². The number of carbonyl (C=O) groups excluding carboxylic acids is 1. The highest BCUT2D eigenvalue weighted by molar-refractivity contribution is 6.08. The van der Waals surface area contributed by atoms with Gasteiger partial charge in [0.2, 0.25) is 0 Å². The molecule has 2 aliphatic carbocycles. The molecule has 1 aromatic carbocycles. The van der Waals surface area contributed by atoms with Crippen molar-refractivity contribution in [2.24, 2.45) is 16.7 Å². The lowest BCUT2D eigenvalue weighted by atomic mass is 9.70. The lowest BCUT2D eigenvalue weighted by Crippen LogP contribution is -2.32. The zero-order valence-electron chi connectivity index (χ0n) is 18.6. The van der Waals surface area contributed by atoms with Gasteiger partial charge in [-0.1, -0.05) is 62.3 Å². The first-order valence-electron chi connectivity index (χ1n) is 10.2. The highest BCUT2D eigenvalue weighted by Crippen LogP contribution is 2.65. The number of phenolic OH excluding ortho intramolecular Hbond substituents is 1. The highest BCUT2D eigenvalue weighted by Gasteiger charge is 2.63. The summed E-state index contributed by atoms with van der Waals surface area (Å²) in [5.41, 5.74) is 3.38. The van der Waals surface area contributed by atoms with E-state index in [9.17, 15) is 9.90 Å². The molecule has 3 rings (SSSR count). The number of aromatic hydroxyl groups is 1. The molecule has 2 saturated carbocycles. The Morgan fingerprint density at radius 2 is 1.48 bits per heavy atom. The number of rotatable bonds is 1. The first kappa shape index (κ1) is 20.2. The van der Waals surface area contributed by atoms with E-state index in [1.807, 2.05) is 0 Å². The van der Waals surface area contributed by atoms with Crippen molar-refractivity contribution < 1.29 is 9.90 Å². The summed E-state index contributed by atoms with van der Waals surface area (Å²) in [5, 5.41) is 10.9. The summed E-state index contributed by atoms with van der Waals surface area (Å²) in [6.07, 6.45) is 4.21. The number of hydrogen-bond acceptors (Lipinski definition) is 2. The number of fused-ring (bicyclic) bond motifs is 2. The SMILES string of the molecule is CC(C)(C)c1cc(C=C2C(=O)C3(C)CCC2C3(C)C)cc(C(C)(C)C)c1O. The summed E-state index contributed by atoms with van der Waals surface area (Å²) in [5.74, 6) is 1.05. The molecule has 148 valence electrons. The van der Waals surface area contributed by atoms with Crippen LogP contribution in [0.3, 0.4) is 0 Å².